The van der Waals surface area contributed by atoms with Crippen LogP contribution in [0.4, 0.5) is 10.2 Å². The number of fused-ring (bicyclic) bond motifs is 1. The summed E-state index contributed by atoms with van der Waals surface area (Å²) in [5.41, 5.74) is 3.46. The van der Waals surface area contributed by atoms with E-state index in [2.05, 4.69) is 27.0 Å². The molecule has 0 saturated heterocycles. The van der Waals surface area contributed by atoms with E-state index in [1.54, 1.807) is 43.0 Å². The zero-order valence-corrected chi connectivity index (χ0v) is 17.7. The number of rotatable bonds is 6. The van der Waals surface area contributed by atoms with Crippen molar-refractivity contribution in [2.24, 2.45) is 0 Å². The summed E-state index contributed by atoms with van der Waals surface area (Å²) in [6, 6.07) is 17.5. The predicted molar refractivity (Wildman–Crippen MR) is 120 cm³/mol. The second-order valence-electron chi connectivity index (χ2n) is 7.34. The van der Waals surface area contributed by atoms with E-state index < -0.39 is 0 Å². The highest BCUT2D eigenvalue weighted by atomic mass is 32.1. The highest BCUT2D eigenvalue weighted by Gasteiger charge is 2.20. The minimum absolute atomic E-state index is 0.211. The van der Waals surface area contributed by atoms with Crippen LogP contribution >= 0.6 is 11.3 Å². The Kier molecular flexibility index (Phi) is 5.26. The van der Waals surface area contributed by atoms with Crippen LogP contribution in [0, 0.1) is 12.7 Å². The van der Waals surface area contributed by atoms with Gasteiger partial charge in [-0.2, -0.15) is 0 Å². The molecule has 5 nitrogen and oxygen atoms in total. The fourth-order valence-corrected chi connectivity index (χ4v) is 4.63. The number of ether oxygens (including phenoxy) is 2. The second kappa shape index (κ2) is 8.35. The number of anilines is 1. The maximum Gasteiger partial charge on any atom is 0.229 e. The molecular formula is C24H20FN3O2S. The lowest BCUT2D eigenvalue weighted by molar-refractivity contribution is 0.0797. The molecule has 3 heterocycles. The van der Waals surface area contributed by atoms with Gasteiger partial charge in [-0.25, -0.2) is 14.4 Å². The lowest BCUT2D eigenvalue weighted by atomic mass is 10.1. The summed E-state index contributed by atoms with van der Waals surface area (Å²) in [6.07, 6.45) is 3.22. The average Bonchev–Trinajstić information content (AvgIpc) is 3.45. The maximum absolute atomic E-state index is 14.1. The minimum atomic E-state index is -0.211. The van der Waals surface area contributed by atoms with Crippen LogP contribution in [-0.2, 0) is 16.0 Å². The lowest BCUT2D eigenvalue weighted by Gasteiger charge is -2.24. The molecule has 0 amide bonds. The van der Waals surface area contributed by atoms with Crippen LogP contribution in [0.5, 0.6) is 0 Å². The van der Waals surface area contributed by atoms with Crippen molar-refractivity contribution in [1.82, 2.24) is 9.97 Å². The predicted octanol–water partition coefficient (Wildman–Crippen LogP) is 5.66. The van der Waals surface area contributed by atoms with E-state index in [9.17, 15) is 4.39 Å². The third-order valence-electron chi connectivity index (χ3n) is 5.14. The molecule has 1 aliphatic rings. The molecule has 0 atom stereocenters. The van der Waals surface area contributed by atoms with Crippen molar-refractivity contribution in [3.63, 3.8) is 0 Å². The molecule has 0 fully saturated rings. The summed E-state index contributed by atoms with van der Waals surface area (Å²) in [7, 11) is 0. The zero-order chi connectivity index (χ0) is 21.2. The molecule has 0 unspecified atom stereocenters. The minimum Gasteiger partial charge on any atom is -0.462 e. The van der Waals surface area contributed by atoms with Crippen molar-refractivity contribution in [2.75, 3.05) is 18.2 Å². The maximum atomic E-state index is 14.1. The highest BCUT2D eigenvalue weighted by Crippen LogP contribution is 2.38. The fraction of sp³-hybridized carbons (Fsp3) is 0.167. The first kappa shape index (κ1) is 19.5. The van der Waals surface area contributed by atoms with Crippen LogP contribution in [0.1, 0.15) is 11.1 Å². The van der Waals surface area contributed by atoms with Gasteiger partial charge in [-0.1, -0.05) is 42.5 Å². The molecule has 4 aromatic rings. The number of aryl methyl sites for hydroxylation is 1. The summed E-state index contributed by atoms with van der Waals surface area (Å²) < 4.78 is 25.9. The summed E-state index contributed by atoms with van der Waals surface area (Å²) in [6.45, 7) is 3.17. The topological polar surface area (TPSA) is 47.5 Å². The van der Waals surface area contributed by atoms with Gasteiger partial charge in [0.15, 0.2) is 11.6 Å². The molecule has 0 N–H and O–H groups in total. The Hall–Kier alpha value is -3.45. The Morgan fingerprint density at radius 2 is 1.94 bits per heavy atom. The van der Waals surface area contributed by atoms with E-state index in [4.69, 9.17) is 9.47 Å². The second-order valence-corrected chi connectivity index (χ2v) is 8.39. The molecule has 31 heavy (non-hydrogen) atoms. The molecule has 2 aromatic heterocycles. The molecule has 2 aromatic carbocycles. The van der Waals surface area contributed by atoms with E-state index in [0.717, 1.165) is 37.8 Å². The van der Waals surface area contributed by atoms with Crippen LogP contribution in [0.15, 0.2) is 72.9 Å². The van der Waals surface area contributed by atoms with E-state index in [0.29, 0.717) is 18.7 Å². The number of hydrogen-bond donors (Lipinski definition) is 0. The van der Waals surface area contributed by atoms with E-state index >= 15 is 0 Å². The number of thiophene rings is 1. The zero-order valence-electron chi connectivity index (χ0n) is 16.9. The normalized spacial score (nSPS) is 13.0. The number of nitrogens with zero attached hydrogens (tertiary/aromatic N) is 3. The number of halogens is 1. The Morgan fingerprint density at radius 3 is 2.71 bits per heavy atom. The van der Waals surface area contributed by atoms with E-state index in [1.165, 1.54) is 0 Å². The molecule has 1 aliphatic heterocycles. The number of hydrogen-bond acceptors (Lipinski definition) is 6. The molecular weight excluding hydrogens is 413 g/mol. The van der Waals surface area contributed by atoms with E-state index in [1.807, 2.05) is 30.3 Å². The lowest BCUT2D eigenvalue weighted by Crippen LogP contribution is -2.26. The van der Waals surface area contributed by atoms with Crippen LogP contribution < -0.4 is 4.90 Å². The van der Waals surface area contributed by atoms with Gasteiger partial charge in [-0.15, -0.1) is 11.3 Å². The van der Waals surface area contributed by atoms with Crippen LogP contribution in [0.25, 0.3) is 20.7 Å². The molecule has 156 valence electrons. The summed E-state index contributed by atoms with van der Waals surface area (Å²) in [4.78, 5) is 12.2. The Labute approximate surface area is 183 Å². The van der Waals surface area contributed by atoms with Gasteiger partial charge >= 0.3 is 0 Å². The van der Waals surface area contributed by atoms with Crippen molar-refractivity contribution < 1.29 is 13.9 Å². The first-order valence-corrected chi connectivity index (χ1v) is 10.7. The van der Waals surface area contributed by atoms with Gasteiger partial charge in [0.1, 0.15) is 18.4 Å². The van der Waals surface area contributed by atoms with Gasteiger partial charge in [0.25, 0.3) is 0 Å². The first-order chi connectivity index (χ1) is 15.2. The molecule has 0 bridgehead atoms. The Bertz CT molecular complexity index is 1260. The van der Waals surface area contributed by atoms with Gasteiger partial charge in [0.2, 0.25) is 6.79 Å². The van der Waals surface area contributed by atoms with Crippen molar-refractivity contribution in [2.45, 2.75) is 13.5 Å². The molecule has 0 saturated carbocycles. The average molecular weight is 434 g/mol. The summed E-state index contributed by atoms with van der Waals surface area (Å²) >= 11 is 1.56. The van der Waals surface area contributed by atoms with Crippen LogP contribution in [-0.4, -0.2) is 23.3 Å². The van der Waals surface area contributed by atoms with Crippen LogP contribution in [0.3, 0.4) is 0 Å². The number of aromatic nitrogens is 2. The van der Waals surface area contributed by atoms with Gasteiger partial charge < -0.3 is 14.4 Å². The molecule has 0 aliphatic carbocycles. The summed E-state index contributed by atoms with van der Waals surface area (Å²) in [5, 5.41) is 0. The first-order valence-electron chi connectivity index (χ1n) is 9.91. The summed E-state index contributed by atoms with van der Waals surface area (Å²) in [5.74, 6) is 1.35. The van der Waals surface area contributed by atoms with Gasteiger partial charge in [-0.05, 0) is 35.7 Å². The molecule has 5 rings (SSSR count). The van der Waals surface area contributed by atoms with Crippen molar-refractivity contribution in [3.05, 3.63) is 89.9 Å². The molecule has 0 radical (unpaired) electrons. The van der Waals surface area contributed by atoms with E-state index in [-0.39, 0.29) is 12.6 Å². The third-order valence-corrected chi connectivity index (χ3v) is 6.31. The smallest absolute Gasteiger partial charge is 0.229 e. The van der Waals surface area contributed by atoms with Crippen molar-refractivity contribution >= 4 is 27.4 Å². The van der Waals surface area contributed by atoms with Gasteiger partial charge in [0, 0.05) is 11.4 Å². The fourth-order valence-electron chi connectivity index (χ4n) is 3.51. The van der Waals surface area contributed by atoms with Crippen molar-refractivity contribution in [1.29, 1.82) is 0 Å². The van der Waals surface area contributed by atoms with Crippen molar-refractivity contribution in [3.8, 4) is 10.4 Å². The van der Waals surface area contributed by atoms with Crippen LogP contribution in [0.2, 0.25) is 0 Å². The number of benzene rings is 2. The molecule has 0 spiro atoms. The quantitative estimate of drug-likeness (QED) is 0.393. The SMILES string of the molecule is Cc1ccc(-c2cc3ncnc(N(CC4=COCO4)Cc4ccccc4)c3s2)cc1F. The Morgan fingerprint density at radius 1 is 1.06 bits per heavy atom. The standard InChI is InChI=1S/C24H20FN3O2S/c1-16-7-8-18(9-20(16)25)22-10-21-23(31-22)24(27-14-26-21)28(12-19-13-29-15-30-19)11-17-5-3-2-4-6-17/h2-10,13-14H,11-12,15H2,1H3. The molecule has 7 heteroatoms. The third kappa shape index (κ3) is 4.09. The largest absolute Gasteiger partial charge is 0.462 e. The monoisotopic (exact) mass is 433 g/mol. The van der Waals surface area contributed by atoms with Gasteiger partial charge in [-0.3, -0.25) is 0 Å². The van der Waals surface area contributed by atoms with Gasteiger partial charge in [0.05, 0.1) is 16.8 Å². The Balaban J connectivity index is 1.56. The highest BCUT2D eigenvalue weighted by molar-refractivity contribution is 7.22.